The summed E-state index contributed by atoms with van der Waals surface area (Å²) in [7, 11) is 3.44. The Bertz CT molecular complexity index is 1280. The van der Waals surface area contributed by atoms with Gasteiger partial charge in [-0.3, -0.25) is 9.59 Å². The molecule has 2 unspecified atom stereocenters. The maximum Gasteiger partial charge on any atom is 0.236 e. The first-order chi connectivity index (χ1) is 17.2. The first-order valence-corrected chi connectivity index (χ1v) is 13.1. The molecule has 0 fully saturated rings. The molecular weight excluding hydrogens is 522 g/mol. The van der Waals surface area contributed by atoms with Gasteiger partial charge in [-0.15, -0.1) is 0 Å². The van der Waals surface area contributed by atoms with Gasteiger partial charge in [0.25, 0.3) is 0 Å². The molecule has 8 heteroatoms. The number of benzene rings is 2. The third-order valence-electron chi connectivity index (χ3n) is 7.10. The van der Waals surface area contributed by atoms with Crippen LogP contribution in [-0.4, -0.2) is 57.3 Å². The van der Waals surface area contributed by atoms with Gasteiger partial charge >= 0.3 is 0 Å². The Hall–Kier alpha value is -2.68. The van der Waals surface area contributed by atoms with Gasteiger partial charge < -0.3 is 25.0 Å². The maximum absolute atomic E-state index is 14.1. The second-order valence-corrected chi connectivity index (χ2v) is 10.4. The van der Waals surface area contributed by atoms with Crippen LogP contribution in [0, 0.1) is 12.8 Å². The molecule has 2 aliphatic rings. The molecule has 0 spiro atoms. The number of aryl methyl sites for hydroxylation is 1. The van der Waals surface area contributed by atoms with E-state index in [1.807, 2.05) is 38.1 Å². The Kier molecular flexibility index (Phi) is 8.17. The van der Waals surface area contributed by atoms with E-state index >= 15 is 0 Å². The number of hydrogen-bond donors (Lipinski definition) is 2. The number of hydrogen-bond acceptors (Lipinski definition) is 5. The number of rotatable bonds is 7. The molecule has 0 aromatic heterocycles. The van der Waals surface area contributed by atoms with Crippen molar-refractivity contribution < 1.29 is 19.1 Å². The smallest absolute Gasteiger partial charge is 0.236 e. The van der Waals surface area contributed by atoms with Gasteiger partial charge in [0.05, 0.1) is 30.3 Å². The van der Waals surface area contributed by atoms with Crippen molar-refractivity contribution in [3.05, 3.63) is 56.9 Å². The Morgan fingerprint density at radius 1 is 1.28 bits per heavy atom. The van der Waals surface area contributed by atoms with Crippen LogP contribution in [0.5, 0.6) is 5.75 Å². The summed E-state index contributed by atoms with van der Waals surface area (Å²) < 4.78 is 13.2. The van der Waals surface area contributed by atoms with Crippen LogP contribution in [0.2, 0.25) is 0 Å². The number of fused-ring (bicyclic) bond motifs is 2. The molecule has 4 rings (SSSR count). The summed E-state index contributed by atoms with van der Waals surface area (Å²) >= 11 is 3.57. The van der Waals surface area contributed by atoms with Crippen LogP contribution < -0.4 is 30.7 Å². The number of likely N-dealkylation sites (N-methyl/N-ethyl adjacent to an activating group) is 1. The van der Waals surface area contributed by atoms with Crippen molar-refractivity contribution >= 4 is 45.1 Å². The second-order valence-electron chi connectivity index (χ2n) is 9.50. The first-order valence-electron chi connectivity index (χ1n) is 12.3. The Labute approximate surface area is 220 Å². The van der Waals surface area contributed by atoms with E-state index < -0.39 is 12.0 Å². The molecule has 0 bridgehead atoms. The summed E-state index contributed by atoms with van der Waals surface area (Å²) in [6.07, 6.45) is 2.34. The normalized spacial score (nSPS) is 22.1. The van der Waals surface area contributed by atoms with Crippen LogP contribution in [0.3, 0.4) is 0 Å². The molecule has 2 amide bonds. The molecule has 1 aliphatic carbocycles. The minimum atomic E-state index is -0.549. The minimum absolute atomic E-state index is 0.0851. The number of methoxy groups -OCH3 is 1. The molecule has 7 nitrogen and oxygen atoms in total. The molecule has 36 heavy (non-hydrogen) atoms. The standard InChI is InChI=1S/C28H34BrN3O4/c1-16-6-10-24-26(12-16)36-18(3)22(14-31-27(33)17(2)30-4)28(34)32(24)15-23-21-9-8-20(29)13-19(21)7-11-25(23)35-5/h6-10,12-13,17-18,22,25,30H,11,14-15H2,1-5H3,(H,31,33)/t17-,18-,22?,25?/m0/s1. The number of anilines is 1. The molecule has 2 N–H and O–H groups in total. The molecule has 2 aromatic carbocycles. The molecule has 2 aromatic rings. The lowest BCUT2D eigenvalue weighted by atomic mass is 9.95. The fourth-order valence-electron chi connectivity index (χ4n) is 4.79. The summed E-state index contributed by atoms with van der Waals surface area (Å²) in [6, 6.07) is 11.7. The van der Waals surface area contributed by atoms with E-state index in [9.17, 15) is 9.59 Å². The van der Waals surface area contributed by atoms with Gasteiger partial charge in [0.2, 0.25) is 11.8 Å². The van der Waals surface area contributed by atoms with E-state index in [1.165, 1.54) is 0 Å². The second kappa shape index (κ2) is 11.2. The Morgan fingerprint density at radius 2 is 2.06 bits per heavy atom. The number of carbonyl (C=O) groups excluding carboxylic acids is 2. The van der Waals surface area contributed by atoms with Gasteiger partial charge in [-0.2, -0.15) is 0 Å². The number of ether oxygens (including phenoxy) is 2. The zero-order valence-corrected chi connectivity index (χ0v) is 23.0. The van der Waals surface area contributed by atoms with Crippen LogP contribution >= 0.6 is 15.9 Å². The van der Waals surface area contributed by atoms with Crippen LogP contribution in [0.25, 0.3) is 11.6 Å². The van der Waals surface area contributed by atoms with Crippen molar-refractivity contribution in [2.24, 2.45) is 5.92 Å². The van der Waals surface area contributed by atoms with E-state index in [0.717, 1.165) is 38.2 Å². The lowest BCUT2D eigenvalue weighted by Crippen LogP contribution is -2.50. The Morgan fingerprint density at radius 3 is 2.78 bits per heavy atom. The molecule has 192 valence electrons. The van der Waals surface area contributed by atoms with Crippen LogP contribution in [0.4, 0.5) is 5.69 Å². The zero-order chi connectivity index (χ0) is 26.0. The van der Waals surface area contributed by atoms with Crippen molar-refractivity contribution in [2.45, 2.75) is 45.4 Å². The minimum Gasteiger partial charge on any atom is -0.488 e. The lowest BCUT2D eigenvalue weighted by molar-refractivity contribution is -0.126. The molecule has 1 aliphatic heterocycles. The number of halogens is 1. The molecule has 1 heterocycles. The highest BCUT2D eigenvalue weighted by Gasteiger charge is 2.38. The van der Waals surface area contributed by atoms with Crippen molar-refractivity contribution in [1.82, 2.24) is 10.6 Å². The van der Waals surface area contributed by atoms with E-state index in [-0.39, 0.29) is 30.5 Å². The summed E-state index contributed by atoms with van der Waals surface area (Å²) in [5, 5.41) is 8.05. The first kappa shape index (κ1) is 26.4. The summed E-state index contributed by atoms with van der Waals surface area (Å²) in [5.74, 6) is -0.121. The topological polar surface area (TPSA) is 79.9 Å². The van der Waals surface area contributed by atoms with Crippen molar-refractivity contribution in [3.63, 3.8) is 0 Å². The number of carbonyl (C=O) groups is 2. The number of amides is 2. The van der Waals surface area contributed by atoms with Crippen molar-refractivity contribution in [2.75, 3.05) is 32.1 Å². The quantitative estimate of drug-likeness (QED) is 0.547. The monoisotopic (exact) mass is 555 g/mol. The van der Waals surface area contributed by atoms with Gasteiger partial charge in [-0.1, -0.05) is 34.1 Å². The fourth-order valence-corrected chi connectivity index (χ4v) is 5.17. The van der Waals surface area contributed by atoms with Crippen LogP contribution in [-0.2, 0) is 14.3 Å². The summed E-state index contributed by atoms with van der Waals surface area (Å²) in [6.45, 7) is 6.23. The van der Waals surface area contributed by atoms with Gasteiger partial charge in [-0.25, -0.2) is 0 Å². The van der Waals surface area contributed by atoms with Gasteiger partial charge in [0, 0.05) is 18.1 Å². The highest BCUT2D eigenvalue weighted by Crippen LogP contribution is 2.36. The predicted octanol–water partition coefficient (Wildman–Crippen LogP) is 2.26. The third kappa shape index (κ3) is 5.36. The van der Waals surface area contributed by atoms with E-state index in [1.54, 1.807) is 26.0 Å². The average molecular weight is 557 g/mol. The largest absolute Gasteiger partial charge is 0.488 e. The van der Waals surface area contributed by atoms with Gasteiger partial charge in [0.1, 0.15) is 11.9 Å². The summed E-state index contributed by atoms with van der Waals surface area (Å²) in [4.78, 5) is 28.4. The third-order valence-corrected chi connectivity index (χ3v) is 7.60. The molecule has 0 radical (unpaired) electrons. The molecule has 4 atom stereocenters. The van der Waals surface area contributed by atoms with Crippen LogP contribution in [0.15, 0.2) is 40.9 Å². The fraction of sp³-hybridized carbons (Fsp3) is 0.429. The lowest BCUT2D eigenvalue weighted by Gasteiger charge is -2.30. The van der Waals surface area contributed by atoms with Gasteiger partial charge in [0.15, 0.2) is 0 Å². The number of nitrogens with one attached hydrogen (secondary N) is 2. The number of nitrogens with zero attached hydrogens (tertiary/aromatic N) is 1. The van der Waals surface area contributed by atoms with Crippen molar-refractivity contribution in [1.29, 1.82) is 0 Å². The van der Waals surface area contributed by atoms with E-state index in [4.69, 9.17) is 9.47 Å². The maximum atomic E-state index is 14.1. The Balaban J connectivity index is 1.77. The molecule has 0 saturated carbocycles. The summed E-state index contributed by atoms with van der Waals surface area (Å²) in [5.41, 5.74) is 2.82. The van der Waals surface area contributed by atoms with E-state index in [2.05, 4.69) is 44.8 Å². The predicted molar refractivity (Wildman–Crippen MR) is 145 cm³/mol. The van der Waals surface area contributed by atoms with Crippen molar-refractivity contribution in [3.8, 4) is 5.75 Å². The van der Waals surface area contributed by atoms with E-state index in [0.29, 0.717) is 12.3 Å². The highest BCUT2D eigenvalue weighted by molar-refractivity contribution is 9.10. The zero-order valence-electron chi connectivity index (χ0n) is 21.4. The SMILES string of the molecule is CN[C@@H](C)C(=O)NCC1C(=O)N(CC2=c3ccc(Br)cc3=CCC2OC)c2ccc(C)cc2O[C@H]1C. The molecular formula is C28H34BrN3O4. The molecule has 0 saturated heterocycles. The van der Waals surface area contributed by atoms with Gasteiger partial charge in [-0.05, 0) is 80.1 Å². The van der Waals surface area contributed by atoms with Crippen LogP contribution in [0.1, 0.15) is 25.8 Å². The average Bonchev–Trinajstić information content (AvgIpc) is 2.95. The highest BCUT2D eigenvalue weighted by atomic mass is 79.9.